The van der Waals surface area contributed by atoms with Crippen molar-refractivity contribution < 1.29 is 4.74 Å². The Balaban J connectivity index is 2.66. The first-order valence-electron chi connectivity index (χ1n) is 4.20. The van der Waals surface area contributed by atoms with Gasteiger partial charge in [0.05, 0.1) is 18.2 Å². The summed E-state index contributed by atoms with van der Waals surface area (Å²) in [6.45, 7) is 3.10. The number of ether oxygens (including phenoxy) is 1. The Morgan fingerprint density at radius 1 is 1.79 bits per heavy atom. The molecule has 1 rings (SSSR count). The Bertz CT molecular complexity index is 310. The molecule has 0 spiro atoms. The van der Waals surface area contributed by atoms with Crippen molar-refractivity contribution in [3.05, 3.63) is 16.1 Å². The fourth-order valence-electron chi connectivity index (χ4n) is 0.922. The standard InChI is InChI=1S/C8H14N4OS/c1-6-11-7(5-14-6)8(12-9)10-3-4-13-2/h5H,3-4,9H2,1-2H3,(H,10,12). The molecule has 1 heterocycles. The fourth-order valence-corrected chi connectivity index (χ4v) is 1.52. The molecule has 1 aromatic rings. The van der Waals surface area contributed by atoms with E-state index in [-0.39, 0.29) is 0 Å². The first-order valence-corrected chi connectivity index (χ1v) is 5.08. The van der Waals surface area contributed by atoms with E-state index in [4.69, 9.17) is 10.6 Å². The van der Waals surface area contributed by atoms with Gasteiger partial charge in [0.2, 0.25) is 0 Å². The van der Waals surface area contributed by atoms with E-state index in [1.54, 1.807) is 18.4 Å². The molecular weight excluding hydrogens is 200 g/mol. The lowest BCUT2D eigenvalue weighted by Gasteiger charge is -2.01. The second-order valence-electron chi connectivity index (χ2n) is 2.62. The van der Waals surface area contributed by atoms with Crippen molar-refractivity contribution in [3.63, 3.8) is 0 Å². The van der Waals surface area contributed by atoms with E-state index in [0.717, 1.165) is 10.7 Å². The summed E-state index contributed by atoms with van der Waals surface area (Å²) in [4.78, 5) is 8.48. The van der Waals surface area contributed by atoms with Crippen molar-refractivity contribution >= 4 is 17.2 Å². The van der Waals surface area contributed by atoms with Crippen LogP contribution in [0.2, 0.25) is 0 Å². The number of amidine groups is 1. The largest absolute Gasteiger partial charge is 0.383 e. The molecule has 0 fully saturated rings. The molecule has 0 saturated carbocycles. The molecule has 3 N–H and O–H groups in total. The van der Waals surface area contributed by atoms with Crippen LogP contribution < -0.4 is 11.3 Å². The van der Waals surface area contributed by atoms with Gasteiger partial charge in [0.25, 0.3) is 0 Å². The zero-order chi connectivity index (χ0) is 10.4. The molecule has 0 aliphatic rings. The molecule has 0 saturated heterocycles. The van der Waals surface area contributed by atoms with Gasteiger partial charge < -0.3 is 10.2 Å². The van der Waals surface area contributed by atoms with Crippen LogP contribution in [0.1, 0.15) is 10.7 Å². The minimum absolute atomic E-state index is 0.576. The number of hydrogen-bond donors (Lipinski definition) is 2. The molecule has 0 atom stereocenters. The molecule has 0 radical (unpaired) electrons. The highest BCUT2D eigenvalue weighted by atomic mass is 32.1. The smallest absolute Gasteiger partial charge is 0.162 e. The third-order valence-corrected chi connectivity index (χ3v) is 2.34. The highest BCUT2D eigenvalue weighted by Crippen LogP contribution is 2.07. The molecule has 14 heavy (non-hydrogen) atoms. The van der Waals surface area contributed by atoms with E-state index < -0.39 is 0 Å². The number of nitrogens with zero attached hydrogens (tertiary/aromatic N) is 2. The van der Waals surface area contributed by atoms with Crippen LogP contribution in [0.25, 0.3) is 0 Å². The van der Waals surface area contributed by atoms with Gasteiger partial charge in [-0.25, -0.2) is 10.8 Å². The molecule has 0 bridgehead atoms. The molecule has 0 amide bonds. The number of hydrogen-bond acceptors (Lipinski definition) is 5. The number of thiazole rings is 1. The summed E-state index contributed by atoms with van der Waals surface area (Å²) in [6.07, 6.45) is 0. The van der Waals surface area contributed by atoms with Gasteiger partial charge >= 0.3 is 0 Å². The lowest BCUT2D eigenvalue weighted by Crippen LogP contribution is -2.31. The van der Waals surface area contributed by atoms with Gasteiger partial charge in [-0.3, -0.25) is 4.99 Å². The van der Waals surface area contributed by atoms with Crippen molar-refractivity contribution in [1.82, 2.24) is 10.4 Å². The highest BCUT2D eigenvalue weighted by Gasteiger charge is 2.04. The first-order chi connectivity index (χ1) is 6.77. The second-order valence-corrected chi connectivity index (χ2v) is 3.68. The third-order valence-electron chi connectivity index (χ3n) is 1.56. The number of aliphatic imine (C=N–C) groups is 1. The summed E-state index contributed by atoms with van der Waals surface area (Å²) in [5.74, 6) is 5.94. The minimum atomic E-state index is 0.576. The van der Waals surface area contributed by atoms with E-state index in [0.29, 0.717) is 19.0 Å². The average Bonchev–Trinajstić information content (AvgIpc) is 2.60. The summed E-state index contributed by atoms with van der Waals surface area (Å²) < 4.78 is 4.88. The summed E-state index contributed by atoms with van der Waals surface area (Å²) in [5.41, 5.74) is 3.31. The summed E-state index contributed by atoms with van der Waals surface area (Å²) in [5, 5.41) is 2.91. The maximum Gasteiger partial charge on any atom is 0.162 e. The van der Waals surface area contributed by atoms with Crippen LogP contribution in [0.15, 0.2) is 10.4 Å². The monoisotopic (exact) mass is 214 g/mol. The zero-order valence-electron chi connectivity index (χ0n) is 8.28. The van der Waals surface area contributed by atoms with Crippen molar-refractivity contribution in [3.8, 4) is 0 Å². The molecule has 5 nitrogen and oxygen atoms in total. The van der Waals surface area contributed by atoms with Crippen LogP contribution in [0.4, 0.5) is 0 Å². The van der Waals surface area contributed by atoms with E-state index in [1.165, 1.54) is 0 Å². The molecule has 0 aliphatic carbocycles. The SMILES string of the molecule is COCCN=C(NN)c1csc(C)n1. The van der Waals surface area contributed by atoms with Gasteiger partial charge in [-0.1, -0.05) is 0 Å². The lowest BCUT2D eigenvalue weighted by molar-refractivity contribution is 0.208. The Morgan fingerprint density at radius 2 is 2.57 bits per heavy atom. The van der Waals surface area contributed by atoms with Crippen LogP contribution in [0.5, 0.6) is 0 Å². The molecule has 0 aliphatic heterocycles. The number of nitrogens with one attached hydrogen (secondary N) is 1. The van der Waals surface area contributed by atoms with Gasteiger partial charge in [0.15, 0.2) is 5.84 Å². The summed E-state index contributed by atoms with van der Waals surface area (Å²) in [7, 11) is 1.64. The van der Waals surface area contributed by atoms with Gasteiger partial charge in [-0.05, 0) is 6.92 Å². The predicted octanol–water partition coefficient (Wildman–Crippen LogP) is 0.308. The molecule has 0 aromatic carbocycles. The van der Waals surface area contributed by atoms with Crippen molar-refractivity contribution in [2.45, 2.75) is 6.92 Å². The minimum Gasteiger partial charge on any atom is -0.383 e. The van der Waals surface area contributed by atoms with Crippen molar-refractivity contribution in [1.29, 1.82) is 0 Å². The first kappa shape index (κ1) is 11.1. The molecular formula is C8H14N4OS. The highest BCUT2D eigenvalue weighted by molar-refractivity contribution is 7.09. The van der Waals surface area contributed by atoms with Gasteiger partial charge in [0, 0.05) is 12.5 Å². The maximum absolute atomic E-state index is 5.34. The Labute approximate surface area is 87.0 Å². The topological polar surface area (TPSA) is 72.5 Å². The number of rotatable bonds is 4. The zero-order valence-corrected chi connectivity index (χ0v) is 9.10. The number of methoxy groups -OCH3 is 1. The van der Waals surface area contributed by atoms with Crippen LogP contribution in [0.3, 0.4) is 0 Å². The van der Waals surface area contributed by atoms with Crippen LogP contribution >= 0.6 is 11.3 Å². The Morgan fingerprint density at radius 3 is 3.07 bits per heavy atom. The third kappa shape index (κ3) is 3.06. The van der Waals surface area contributed by atoms with Gasteiger partial charge in [-0.2, -0.15) is 0 Å². The molecule has 6 heteroatoms. The van der Waals surface area contributed by atoms with Crippen LogP contribution in [-0.4, -0.2) is 31.1 Å². The quantitative estimate of drug-likeness (QED) is 0.249. The number of nitrogens with two attached hydrogens (primary N) is 1. The van der Waals surface area contributed by atoms with Gasteiger partial charge in [0.1, 0.15) is 5.69 Å². The molecule has 0 unspecified atom stereocenters. The number of aromatic nitrogens is 1. The van der Waals surface area contributed by atoms with E-state index in [9.17, 15) is 0 Å². The Kier molecular flexibility index (Phi) is 4.51. The fraction of sp³-hybridized carbons (Fsp3) is 0.500. The van der Waals surface area contributed by atoms with Crippen LogP contribution in [0, 0.1) is 6.92 Å². The molecule has 1 aromatic heterocycles. The van der Waals surface area contributed by atoms with Crippen molar-refractivity contribution in [2.75, 3.05) is 20.3 Å². The number of hydrazine groups is 1. The second kappa shape index (κ2) is 5.69. The molecule has 78 valence electrons. The maximum atomic E-state index is 5.34. The number of aryl methyl sites for hydroxylation is 1. The van der Waals surface area contributed by atoms with E-state index >= 15 is 0 Å². The summed E-state index contributed by atoms with van der Waals surface area (Å²) in [6, 6.07) is 0. The van der Waals surface area contributed by atoms with E-state index in [1.807, 2.05) is 12.3 Å². The van der Waals surface area contributed by atoms with E-state index in [2.05, 4.69) is 15.4 Å². The predicted molar refractivity (Wildman–Crippen MR) is 57.5 cm³/mol. The summed E-state index contributed by atoms with van der Waals surface area (Å²) >= 11 is 1.57. The Hall–Kier alpha value is -0.980. The average molecular weight is 214 g/mol. The van der Waals surface area contributed by atoms with Gasteiger partial charge in [-0.15, -0.1) is 11.3 Å². The lowest BCUT2D eigenvalue weighted by atomic mass is 10.4. The normalized spacial score (nSPS) is 11.8. The van der Waals surface area contributed by atoms with Crippen LogP contribution in [-0.2, 0) is 4.74 Å². The van der Waals surface area contributed by atoms with Crippen molar-refractivity contribution in [2.24, 2.45) is 10.8 Å².